The van der Waals surface area contributed by atoms with Gasteiger partial charge < -0.3 is 15.0 Å². The Labute approximate surface area is 173 Å². The van der Waals surface area contributed by atoms with Gasteiger partial charge in [-0.2, -0.15) is 5.26 Å². The number of nitriles is 1. The monoisotopic (exact) mass is 400 g/mol. The molecule has 0 atom stereocenters. The summed E-state index contributed by atoms with van der Waals surface area (Å²) in [4.78, 5) is 28.1. The number of pyridine rings is 1. The zero-order chi connectivity index (χ0) is 21.8. The molecule has 0 saturated carbocycles. The van der Waals surface area contributed by atoms with E-state index in [4.69, 9.17) is 5.11 Å². The zero-order valence-electron chi connectivity index (χ0n) is 16.8. The first-order valence-electron chi connectivity index (χ1n) is 9.18. The highest BCUT2D eigenvalue weighted by Crippen LogP contribution is 2.22. The maximum Gasteiger partial charge on any atom is 0.335 e. The molecule has 1 amide bonds. The van der Waals surface area contributed by atoms with E-state index in [9.17, 15) is 14.9 Å². The van der Waals surface area contributed by atoms with Gasteiger partial charge in [0.25, 0.3) is 5.91 Å². The van der Waals surface area contributed by atoms with Gasteiger partial charge >= 0.3 is 5.97 Å². The Morgan fingerprint density at radius 1 is 1.17 bits per heavy atom. The number of nitrogens with zero attached hydrogens (tertiary/aromatic N) is 3. The number of amides is 1. The van der Waals surface area contributed by atoms with Crippen LogP contribution in [0, 0.1) is 32.1 Å². The molecule has 1 aromatic carbocycles. The summed E-state index contributed by atoms with van der Waals surface area (Å²) in [7, 11) is 0. The molecule has 3 rings (SSSR count). The Bertz CT molecular complexity index is 1220. The largest absolute Gasteiger partial charge is 0.478 e. The van der Waals surface area contributed by atoms with Crippen LogP contribution in [0.1, 0.15) is 32.9 Å². The Morgan fingerprint density at radius 2 is 1.93 bits per heavy atom. The predicted molar refractivity (Wildman–Crippen MR) is 113 cm³/mol. The molecule has 2 heterocycles. The summed E-state index contributed by atoms with van der Waals surface area (Å²) >= 11 is 0. The fourth-order valence-corrected chi connectivity index (χ4v) is 3.16. The first kappa shape index (κ1) is 20.6. The van der Waals surface area contributed by atoms with E-state index < -0.39 is 11.9 Å². The van der Waals surface area contributed by atoms with Crippen LogP contribution in [0.3, 0.4) is 0 Å². The third-order valence-corrected chi connectivity index (χ3v) is 4.63. The van der Waals surface area contributed by atoms with Crippen molar-refractivity contribution in [2.45, 2.75) is 20.8 Å². The molecule has 2 N–H and O–H groups in total. The van der Waals surface area contributed by atoms with Gasteiger partial charge in [-0.25, -0.2) is 9.78 Å². The van der Waals surface area contributed by atoms with Crippen LogP contribution in [0.5, 0.6) is 0 Å². The van der Waals surface area contributed by atoms with E-state index in [0.717, 1.165) is 28.3 Å². The molecule has 0 unspecified atom stereocenters. The number of rotatable bonds is 5. The summed E-state index contributed by atoms with van der Waals surface area (Å²) in [6.07, 6.45) is 3.25. The van der Waals surface area contributed by atoms with Gasteiger partial charge in [0, 0.05) is 23.3 Å². The van der Waals surface area contributed by atoms with E-state index in [1.54, 1.807) is 12.3 Å². The molecule has 0 spiro atoms. The molecular formula is C23H20N4O3. The van der Waals surface area contributed by atoms with Crippen LogP contribution in [-0.2, 0) is 4.79 Å². The molecule has 3 aromatic rings. The van der Waals surface area contributed by atoms with E-state index in [-0.39, 0.29) is 11.1 Å². The van der Waals surface area contributed by atoms with Crippen LogP contribution in [0.2, 0.25) is 0 Å². The van der Waals surface area contributed by atoms with Crippen molar-refractivity contribution in [3.8, 4) is 11.9 Å². The Hall–Kier alpha value is -4.18. The predicted octanol–water partition coefficient (Wildman–Crippen LogP) is 4.04. The van der Waals surface area contributed by atoms with Gasteiger partial charge in [0.05, 0.1) is 5.56 Å². The number of hydrogen-bond acceptors (Lipinski definition) is 4. The van der Waals surface area contributed by atoms with Crippen molar-refractivity contribution in [2.75, 3.05) is 5.32 Å². The smallest absolute Gasteiger partial charge is 0.335 e. The summed E-state index contributed by atoms with van der Waals surface area (Å²) < 4.78 is 1.96. The normalized spacial score (nSPS) is 11.1. The summed E-state index contributed by atoms with van der Waals surface area (Å²) in [5.41, 5.74) is 3.82. The number of carboxylic acid groups (broad SMARTS) is 1. The summed E-state index contributed by atoms with van der Waals surface area (Å²) in [5.74, 6) is -0.948. The summed E-state index contributed by atoms with van der Waals surface area (Å²) in [6, 6.07) is 13.5. The lowest BCUT2D eigenvalue weighted by molar-refractivity contribution is -0.112. The fourth-order valence-electron chi connectivity index (χ4n) is 3.16. The van der Waals surface area contributed by atoms with E-state index >= 15 is 0 Å². The molecule has 0 fully saturated rings. The molecule has 2 aromatic heterocycles. The first-order chi connectivity index (χ1) is 14.3. The second-order valence-electron chi connectivity index (χ2n) is 6.86. The summed E-state index contributed by atoms with van der Waals surface area (Å²) in [6.45, 7) is 5.81. The molecule has 7 nitrogen and oxygen atoms in total. The number of anilines is 1. The number of benzene rings is 1. The Balaban J connectivity index is 1.92. The van der Waals surface area contributed by atoms with Crippen molar-refractivity contribution >= 4 is 23.6 Å². The molecule has 7 heteroatoms. The minimum atomic E-state index is -1.10. The van der Waals surface area contributed by atoms with Gasteiger partial charge in [0.15, 0.2) is 0 Å². The quantitative estimate of drug-likeness (QED) is 0.496. The standard InChI is InChI=1S/C23H20N4O3/c1-14-7-8-25-21(9-14)27-15(2)10-18(16(27)3)11-19(13-24)22(28)26-20-6-4-5-17(12-20)23(29)30/h4-12H,1-3H3,(H,26,28)(H,29,30)/b19-11-. The number of hydrogen-bond donors (Lipinski definition) is 2. The number of carbonyl (C=O) groups excluding carboxylic acids is 1. The molecule has 150 valence electrons. The van der Waals surface area contributed by atoms with Crippen LogP contribution >= 0.6 is 0 Å². The summed E-state index contributed by atoms with van der Waals surface area (Å²) in [5, 5.41) is 21.2. The molecule has 0 aliphatic heterocycles. The first-order valence-corrected chi connectivity index (χ1v) is 9.18. The van der Waals surface area contributed by atoms with Crippen molar-refractivity contribution in [2.24, 2.45) is 0 Å². The molecule has 0 bridgehead atoms. The minimum Gasteiger partial charge on any atom is -0.478 e. The lowest BCUT2D eigenvalue weighted by atomic mass is 10.1. The van der Waals surface area contributed by atoms with E-state index in [1.165, 1.54) is 24.3 Å². The van der Waals surface area contributed by atoms with Gasteiger partial charge in [0.2, 0.25) is 0 Å². The molecule has 0 aliphatic carbocycles. The molecule has 30 heavy (non-hydrogen) atoms. The second-order valence-corrected chi connectivity index (χ2v) is 6.86. The average molecular weight is 400 g/mol. The second kappa shape index (κ2) is 8.45. The number of carboxylic acids is 1. The lowest BCUT2D eigenvalue weighted by Gasteiger charge is -2.09. The average Bonchev–Trinajstić information content (AvgIpc) is 2.99. The van der Waals surface area contributed by atoms with E-state index in [2.05, 4.69) is 10.3 Å². The van der Waals surface area contributed by atoms with Crippen LogP contribution in [0.15, 0.2) is 54.2 Å². The minimum absolute atomic E-state index is 0.0458. The third-order valence-electron chi connectivity index (χ3n) is 4.63. The number of aromatic carboxylic acids is 1. The van der Waals surface area contributed by atoms with Crippen LogP contribution in [0.4, 0.5) is 5.69 Å². The molecule has 0 radical (unpaired) electrons. The highest BCUT2D eigenvalue weighted by Gasteiger charge is 2.15. The number of aryl methyl sites for hydroxylation is 2. The third kappa shape index (κ3) is 4.28. The van der Waals surface area contributed by atoms with E-state index in [1.807, 2.05) is 49.6 Å². The number of nitrogens with one attached hydrogen (secondary N) is 1. The van der Waals surface area contributed by atoms with Gasteiger partial charge in [0.1, 0.15) is 17.5 Å². The fraction of sp³-hybridized carbons (Fsp3) is 0.130. The van der Waals surface area contributed by atoms with Crippen molar-refractivity contribution in [3.63, 3.8) is 0 Å². The zero-order valence-corrected chi connectivity index (χ0v) is 16.8. The lowest BCUT2D eigenvalue weighted by Crippen LogP contribution is -2.14. The van der Waals surface area contributed by atoms with Crippen molar-refractivity contribution in [1.29, 1.82) is 5.26 Å². The SMILES string of the molecule is Cc1ccnc(-n2c(C)cc(/C=C(/C#N)C(=O)Nc3cccc(C(=O)O)c3)c2C)c1. The van der Waals surface area contributed by atoms with Crippen molar-refractivity contribution < 1.29 is 14.7 Å². The van der Waals surface area contributed by atoms with Gasteiger partial charge in [-0.3, -0.25) is 4.79 Å². The van der Waals surface area contributed by atoms with Crippen LogP contribution in [0.25, 0.3) is 11.9 Å². The Morgan fingerprint density at radius 3 is 2.60 bits per heavy atom. The van der Waals surface area contributed by atoms with Crippen LogP contribution < -0.4 is 5.32 Å². The van der Waals surface area contributed by atoms with Gasteiger partial charge in [-0.05, 0) is 74.4 Å². The van der Waals surface area contributed by atoms with Gasteiger partial charge in [-0.1, -0.05) is 6.07 Å². The maximum atomic E-state index is 12.6. The van der Waals surface area contributed by atoms with Crippen molar-refractivity contribution in [1.82, 2.24) is 9.55 Å². The van der Waals surface area contributed by atoms with Gasteiger partial charge in [-0.15, -0.1) is 0 Å². The topological polar surface area (TPSA) is 108 Å². The molecule has 0 aliphatic rings. The highest BCUT2D eigenvalue weighted by molar-refractivity contribution is 6.10. The molecular weight excluding hydrogens is 380 g/mol. The van der Waals surface area contributed by atoms with E-state index in [0.29, 0.717) is 5.69 Å². The Kier molecular flexibility index (Phi) is 5.79. The molecule has 0 saturated heterocycles. The highest BCUT2D eigenvalue weighted by atomic mass is 16.4. The number of carbonyl (C=O) groups is 2. The maximum absolute atomic E-state index is 12.6. The number of aromatic nitrogens is 2. The van der Waals surface area contributed by atoms with Crippen LogP contribution in [-0.4, -0.2) is 26.5 Å². The van der Waals surface area contributed by atoms with Crippen molar-refractivity contribution in [3.05, 3.63) is 82.3 Å².